The van der Waals surface area contributed by atoms with Crippen molar-refractivity contribution in [2.24, 2.45) is 0 Å². The topological polar surface area (TPSA) is 32.3 Å². The number of anilines is 1. The van der Waals surface area contributed by atoms with Gasteiger partial charge in [0.05, 0.1) is 6.20 Å². The first-order valence-corrected chi connectivity index (χ1v) is 6.30. The molecule has 0 aliphatic carbocycles. The van der Waals surface area contributed by atoms with Gasteiger partial charge in [0.1, 0.15) is 5.02 Å². The van der Waals surface area contributed by atoms with E-state index in [1.54, 1.807) is 0 Å². The molecular weight excluding hydrogens is 259 g/mol. The van der Waals surface area contributed by atoms with E-state index in [0.29, 0.717) is 16.9 Å². The molecule has 1 aromatic heterocycles. The minimum absolute atomic E-state index is 0.222. The van der Waals surface area contributed by atoms with Gasteiger partial charge in [-0.3, -0.25) is 0 Å². The number of hydrogen-bond donors (Lipinski definition) is 0. The molecule has 0 saturated carbocycles. The minimum Gasteiger partial charge on any atom is -0.352 e. The highest BCUT2D eigenvalue weighted by Crippen LogP contribution is 2.25. The molecule has 1 heterocycles. The smallest absolute Gasteiger partial charge is 0.224 e. The third-order valence-corrected chi connectivity index (χ3v) is 2.92. The first-order chi connectivity index (χ1) is 7.95. The van der Waals surface area contributed by atoms with Crippen LogP contribution in [0.1, 0.15) is 13.8 Å². The van der Waals surface area contributed by atoms with Crippen LogP contribution in [0.15, 0.2) is 6.20 Å². The SMILES string of the molecule is CCN(c1nc(Cl)ncc1Cl)C(C)CN(C)C. The summed E-state index contributed by atoms with van der Waals surface area (Å²) in [6.07, 6.45) is 1.54. The Balaban J connectivity index is 2.96. The Labute approximate surface area is 113 Å². The van der Waals surface area contributed by atoms with Gasteiger partial charge in [0.2, 0.25) is 5.28 Å². The summed E-state index contributed by atoms with van der Waals surface area (Å²) in [6, 6.07) is 0.304. The highest BCUT2D eigenvalue weighted by atomic mass is 35.5. The number of aromatic nitrogens is 2. The van der Waals surface area contributed by atoms with Gasteiger partial charge in [-0.15, -0.1) is 0 Å². The number of likely N-dealkylation sites (N-methyl/N-ethyl adjacent to an activating group) is 2. The van der Waals surface area contributed by atoms with Crippen molar-refractivity contribution in [2.75, 3.05) is 32.1 Å². The normalized spacial score (nSPS) is 12.9. The van der Waals surface area contributed by atoms with Gasteiger partial charge in [-0.25, -0.2) is 4.98 Å². The molecule has 96 valence electrons. The van der Waals surface area contributed by atoms with E-state index in [1.807, 2.05) is 14.1 Å². The summed E-state index contributed by atoms with van der Waals surface area (Å²) in [5.74, 6) is 0.698. The summed E-state index contributed by atoms with van der Waals surface area (Å²) >= 11 is 11.9. The average molecular weight is 277 g/mol. The molecule has 1 unspecified atom stereocenters. The van der Waals surface area contributed by atoms with Crippen molar-refractivity contribution >= 4 is 29.0 Å². The number of hydrogen-bond acceptors (Lipinski definition) is 4. The molecule has 0 aliphatic rings. The van der Waals surface area contributed by atoms with Crippen molar-refractivity contribution in [1.82, 2.24) is 14.9 Å². The third-order valence-electron chi connectivity index (χ3n) is 2.47. The van der Waals surface area contributed by atoms with Crippen LogP contribution in [0.3, 0.4) is 0 Å². The second-order valence-corrected chi connectivity index (χ2v) is 4.95. The van der Waals surface area contributed by atoms with Gasteiger partial charge in [0.15, 0.2) is 5.82 Å². The molecule has 1 aromatic rings. The van der Waals surface area contributed by atoms with E-state index in [0.717, 1.165) is 13.1 Å². The lowest BCUT2D eigenvalue weighted by molar-refractivity contribution is 0.372. The Morgan fingerprint density at radius 2 is 2.00 bits per heavy atom. The van der Waals surface area contributed by atoms with E-state index in [-0.39, 0.29) is 5.28 Å². The Bertz CT molecular complexity index is 370. The van der Waals surface area contributed by atoms with Crippen molar-refractivity contribution < 1.29 is 0 Å². The second kappa shape index (κ2) is 6.38. The fraction of sp³-hybridized carbons (Fsp3) is 0.636. The Morgan fingerprint density at radius 1 is 1.35 bits per heavy atom. The van der Waals surface area contributed by atoms with E-state index in [2.05, 4.69) is 33.6 Å². The van der Waals surface area contributed by atoms with Crippen molar-refractivity contribution in [3.63, 3.8) is 0 Å². The molecule has 0 fully saturated rings. The zero-order valence-corrected chi connectivity index (χ0v) is 12.1. The first kappa shape index (κ1) is 14.5. The zero-order valence-electron chi connectivity index (χ0n) is 10.6. The second-order valence-electron chi connectivity index (χ2n) is 4.21. The molecule has 0 N–H and O–H groups in total. The monoisotopic (exact) mass is 276 g/mol. The maximum atomic E-state index is 6.11. The molecule has 0 saturated heterocycles. The standard InChI is InChI=1S/C11H18Cl2N4/c1-5-17(8(2)7-16(3)4)10-9(12)6-14-11(13)15-10/h6,8H,5,7H2,1-4H3. The molecule has 0 spiro atoms. The van der Waals surface area contributed by atoms with Crippen LogP contribution in [0.4, 0.5) is 5.82 Å². The van der Waals surface area contributed by atoms with Crippen molar-refractivity contribution in [3.8, 4) is 0 Å². The predicted molar refractivity (Wildman–Crippen MR) is 73.1 cm³/mol. The Kier molecular flexibility index (Phi) is 5.43. The van der Waals surface area contributed by atoms with Crippen molar-refractivity contribution in [1.29, 1.82) is 0 Å². The van der Waals surface area contributed by atoms with Crippen LogP contribution in [0.5, 0.6) is 0 Å². The highest BCUT2D eigenvalue weighted by molar-refractivity contribution is 6.33. The summed E-state index contributed by atoms with van der Waals surface area (Å²) in [5, 5.41) is 0.752. The summed E-state index contributed by atoms with van der Waals surface area (Å²) in [7, 11) is 4.08. The van der Waals surface area contributed by atoms with Gasteiger partial charge in [-0.05, 0) is 39.5 Å². The molecule has 4 nitrogen and oxygen atoms in total. The number of rotatable bonds is 5. The van der Waals surface area contributed by atoms with E-state index in [4.69, 9.17) is 23.2 Å². The number of halogens is 2. The fourth-order valence-electron chi connectivity index (χ4n) is 1.84. The summed E-state index contributed by atoms with van der Waals surface area (Å²) in [6.45, 7) is 5.95. The molecule has 1 atom stereocenters. The summed E-state index contributed by atoms with van der Waals surface area (Å²) in [4.78, 5) is 12.3. The molecule has 0 aromatic carbocycles. The molecule has 6 heteroatoms. The van der Waals surface area contributed by atoms with Crippen LogP contribution in [-0.4, -0.2) is 48.1 Å². The van der Waals surface area contributed by atoms with Crippen LogP contribution in [0.2, 0.25) is 10.3 Å². The van der Waals surface area contributed by atoms with E-state index in [9.17, 15) is 0 Å². The summed E-state index contributed by atoms with van der Waals surface area (Å²) < 4.78 is 0. The minimum atomic E-state index is 0.222. The first-order valence-electron chi connectivity index (χ1n) is 5.55. The molecule has 0 aliphatic heterocycles. The fourth-order valence-corrected chi connectivity index (χ4v) is 2.16. The van der Waals surface area contributed by atoms with Crippen LogP contribution in [0.25, 0.3) is 0 Å². The van der Waals surface area contributed by atoms with Crippen LogP contribution in [0, 0.1) is 0 Å². The lowest BCUT2D eigenvalue weighted by atomic mass is 10.2. The van der Waals surface area contributed by atoms with E-state index in [1.165, 1.54) is 6.20 Å². The van der Waals surface area contributed by atoms with Gasteiger partial charge in [0.25, 0.3) is 0 Å². The van der Waals surface area contributed by atoms with Crippen LogP contribution >= 0.6 is 23.2 Å². The van der Waals surface area contributed by atoms with Crippen LogP contribution in [-0.2, 0) is 0 Å². The molecule has 1 rings (SSSR count). The van der Waals surface area contributed by atoms with E-state index >= 15 is 0 Å². The maximum Gasteiger partial charge on any atom is 0.224 e. The predicted octanol–water partition coefficient (Wildman–Crippen LogP) is 2.56. The van der Waals surface area contributed by atoms with Gasteiger partial charge >= 0.3 is 0 Å². The van der Waals surface area contributed by atoms with Crippen molar-refractivity contribution in [3.05, 3.63) is 16.5 Å². The Hall–Kier alpha value is -0.580. The molecule has 0 radical (unpaired) electrons. The zero-order chi connectivity index (χ0) is 13.0. The maximum absolute atomic E-state index is 6.11. The molecular formula is C11H18Cl2N4. The van der Waals surface area contributed by atoms with Crippen molar-refractivity contribution in [2.45, 2.75) is 19.9 Å². The van der Waals surface area contributed by atoms with Crippen LogP contribution < -0.4 is 4.90 Å². The lowest BCUT2D eigenvalue weighted by Gasteiger charge is -2.31. The third kappa shape index (κ3) is 3.98. The van der Waals surface area contributed by atoms with Gasteiger partial charge in [-0.2, -0.15) is 4.98 Å². The largest absolute Gasteiger partial charge is 0.352 e. The summed E-state index contributed by atoms with van der Waals surface area (Å²) in [5.41, 5.74) is 0. The average Bonchev–Trinajstić information content (AvgIpc) is 2.23. The molecule has 0 bridgehead atoms. The van der Waals surface area contributed by atoms with Gasteiger partial charge in [-0.1, -0.05) is 11.6 Å². The highest BCUT2D eigenvalue weighted by Gasteiger charge is 2.18. The molecule has 0 amide bonds. The quantitative estimate of drug-likeness (QED) is 0.774. The lowest BCUT2D eigenvalue weighted by Crippen LogP contribution is -2.40. The Morgan fingerprint density at radius 3 is 2.53 bits per heavy atom. The van der Waals surface area contributed by atoms with Gasteiger partial charge in [0, 0.05) is 19.1 Å². The molecule has 17 heavy (non-hydrogen) atoms. The van der Waals surface area contributed by atoms with Gasteiger partial charge < -0.3 is 9.80 Å². The van der Waals surface area contributed by atoms with E-state index < -0.39 is 0 Å². The number of nitrogens with zero attached hydrogens (tertiary/aromatic N) is 4.